The minimum atomic E-state index is -4.64. The first-order valence-electron chi connectivity index (χ1n) is 12.9. The number of halogens is 3. The maximum Gasteiger partial charge on any atom is 0.446 e. The second-order valence-electron chi connectivity index (χ2n) is 10.8. The summed E-state index contributed by atoms with van der Waals surface area (Å²) in [5.74, 6) is -0.559. The number of fused-ring (bicyclic) bond motifs is 1. The summed E-state index contributed by atoms with van der Waals surface area (Å²) in [6, 6.07) is 4.45. The van der Waals surface area contributed by atoms with Crippen molar-refractivity contribution in [3.8, 4) is 0 Å². The van der Waals surface area contributed by atoms with Gasteiger partial charge in [-0.15, -0.1) is 0 Å². The van der Waals surface area contributed by atoms with Gasteiger partial charge in [0.1, 0.15) is 12.1 Å². The number of aryl methyl sites for hydroxylation is 1. The molecule has 3 atom stereocenters. The molecule has 0 unspecified atom stereocenters. The number of hydrogen-bond donors (Lipinski definition) is 3. The van der Waals surface area contributed by atoms with E-state index in [9.17, 15) is 27.6 Å². The van der Waals surface area contributed by atoms with E-state index in [1.165, 1.54) is 17.5 Å². The normalized spacial score (nSPS) is 18.8. The van der Waals surface area contributed by atoms with Crippen LogP contribution in [0.25, 0.3) is 0 Å². The summed E-state index contributed by atoms with van der Waals surface area (Å²) in [6.07, 6.45) is 0.0328. The zero-order valence-electron chi connectivity index (χ0n) is 22.7. The molecule has 1 saturated heterocycles. The van der Waals surface area contributed by atoms with Gasteiger partial charge >= 0.3 is 6.18 Å². The number of hydrogen-bond acceptors (Lipinski definition) is 5. The number of carbonyl (C=O) groups is 4. The van der Waals surface area contributed by atoms with Crippen molar-refractivity contribution in [2.24, 2.45) is 5.41 Å². The van der Waals surface area contributed by atoms with Crippen LogP contribution in [0.5, 0.6) is 0 Å². The lowest BCUT2D eigenvalue weighted by molar-refractivity contribution is -0.156. The molecular weight excluding hydrogens is 501 g/mol. The third-order valence-electron chi connectivity index (χ3n) is 6.85. The third-order valence-corrected chi connectivity index (χ3v) is 6.85. The molecule has 0 radical (unpaired) electrons. The molecule has 38 heavy (non-hydrogen) atoms. The molecule has 1 aliphatic carbocycles. The Morgan fingerprint density at radius 1 is 1.08 bits per heavy atom. The van der Waals surface area contributed by atoms with Crippen LogP contribution in [0.2, 0.25) is 0 Å². The SMILES string of the molecule is CN[C@@H](C)C(=O)N[C@H](C(=O)N1CCC[C@H]1C(=O)Nc1cccc2c1CCCC2)C(C)(C)C.O=CC(F)(F)F. The molecule has 1 aromatic rings. The lowest BCUT2D eigenvalue weighted by atomic mass is 9.85. The van der Waals surface area contributed by atoms with E-state index in [4.69, 9.17) is 4.79 Å². The highest BCUT2D eigenvalue weighted by Gasteiger charge is 2.42. The Bertz CT molecular complexity index is 1010. The minimum absolute atomic E-state index is 0.141. The molecule has 0 aromatic heterocycles. The van der Waals surface area contributed by atoms with E-state index in [0.29, 0.717) is 13.0 Å². The number of amides is 3. The highest BCUT2D eigenvalue weighted by molar-refractivity contribution is 5.99. The molecule has 2 aliphatic rings. The first-order valence-corrected chi connectivity index (χ1v) is 12.9. The van der Waals surface area contributed by atoms with E-state index in [-0.39, 0.29) is 17.7 Å². The van der Waals surface area contributed by atoms with Crippen LogP contribution in [0.1, 0.15) is 64.5 Å². The molecule has 3 amide bonds. The Morgan fingerprint density at radius 2 is 1.71 bits per heavy atom. The quantitative estimate of drug-likeness (QED) is 0.480. The van der Waals surface area contributed by atoms with Crippen molar-refractivity contribution in [3.63, 3.8) is 0 Å². The number of alkyl halides is 3. The molecule has 0 spiro atoms. The smallest absolute Gasteiger partial charge is 0.342 e. The predicted octanol–water partition coefficient (Wildman–Crippen LogP) is 3.38. The zero-order valence-corrected chi connectivity index (χ0v) is 22.7. The van der Waals surface area contributed by atoms with E-state index < -0.39 is 36.0 Å². The van der Waals surface area contributed by atoms with Crippen LogP contribution in [0.3, 0.4) is 0 Å². The van der Waals surface area contributed by atoms with Crippen LogP contribution in [-0.4, -0.2) is 66.8 Å². The molecule has 1 aromatic carbocycles. The van der Waals surface area contributed by atoms with Gasteiger partial charge in [-0.25, -0.2) is 0 Å². The van der Waals surface area contributed by atoms with Gasteiger partial charge < -0.3 is 20.9 Å². The van der Waals surface area contributed by atoms with Crippen LogP contribution in [0.4, 0.5) is 18.9 Å². The standard InChI is InChI=1S/C25H38N4O3.C2HF3O/c1-16(26-5)22(30)28-21(25(2,3)4)24(32)29-15-9-14-20(29)23(31)27-19-13-8-11-17-10-6-7-12-18(17)19;3-2(4,5)1-6/h8,11,13,16,20-21,26H,6-7,9-10,12,14-15H2,1-5H3,(H,27,31)(H,28,30);1H/t16-,20-,21+;/m0./s1. The van der Waals surface area contributed by atoms with Gasteiger partial charge in [0.2, 0.25) is 24.0 Å². The van der Waals surface area contributed by atoms with E-state index in [2.05, 4.69) is 22.0 Å². The largest absolute Gasteiger partial charge is 0.446 e. The predicted molar refractivity (Wildman–Crippen MR) is 138 cm³/mol. The second kappa shape index (κ2) is 13.2. The van der Waals surface area contributed by atoms with Gasteiger partial charge in [-0.3, -0.25) is 19.2 Å². The summed E-state index contributed by atoms with van der Waals surface area (Å²) in [4.78, 5) is 49.7. The Balaban J connectivity index is 0.000000757. The van der Waals surface area contributed by atoms with Gasteiger partial charge in [0, 0.05) is 12.2 Å². The van der Waals surface area contributed by atoms with Crippen molar-refractivity contribution in [3.05, 3.63) is 29.3 Å². The number of carbonyl (C=O) groups excluding carboxylic acids is 4. The van der Waals surface area contributed by atoms with Gasteiger partial charge in [-0.05, 0) is 75.1 Å². The topological polar surface area (TPSA) is 108 Å². The van der Waals surface area contributed by atoms with Gasteiger partial charge in [0.05, 0.1) is 6.04 Å². The number of anilines is 1. The number of nitrogens with zero attached hydrogens (tertiary/aromatic N) is 1. The van der Waals surface area contributed by atoms with Gasteiger partial charge in [0.25, 0.3) is 0 Å². The first-order chi connectivity index (χ1) is 17.7. The Labute approximate surface area is 222 Å². The lowest BCUT2D eigenvalue weighted by Gasteiger charge is -2.36. The van der Waals surface area contributed by atoms with Crippen molar-refractivity contribution < 1.29 is 32.3 Å². The number of nitrogens with one attached hydrogen (secondary N) is 3. The first kappa shape index (κ1) is 31.3. The molecule has 11 heteroatoms. The van der Waals surface area contributed by atoms with E-state index >= 15 is 0 Å². The van der Waals surface area contributed by atoms with E-state index in [0.717, 1.165) is 31.4 Å². The van der Waals surface area contributed by atoms with Gasteiger partial charge in [0.15, 0.2) is 0 Å². The van der Waals surface area contributed by atoms with Crippen molar-refractivity contribution in [2.75, 3.05) is 18.9 Å². The maximum absolute atomic E-state index is 13.5. The number of aldehydes is 1. The number of benzene rings is 1. The van der Waals surface area contributed by atoms with E-state index in [1.54, 1.807) is 18.9 Å². The van der Waals surface area contributed by atoms with Gasteiger partial charge in [-0.2, -0.15) is 13.2 Å². The molecular formula is C27H39F3N4O4. The van der Waals surface area contributed by atoms with Gasteiger partial charge in [-0.1, -0.05) is 32.9 Å². The zero-order chi connectivity index (χ0) is 28.7. The van der Waals surface area contributed by atoms with Crippen LogP contribution in [0.15, 0.2) is 18.2 Å². The summed E-state index contributed by atoms with van der Waals surface area (Å²) in [7, 11) is 1.71. The Hall–Kier alpha value is -2.95. The van der Waals surface area contributed by atoms with Crippen molar-refractivity contribution in [1.29, 1.82) is 0 Å². The summed E-state index contributed by atoms with van der Waals surface area (Å²) in [5.41, 5.74) is 2.92. The molecule has 1 fully saturated rings. The lowest BCUT2D eigenvalue weighted by Crippen LogP contribution is -2.59. The van der Waals surface area contributed by atoms with Crippen molar-refractivity contribution in [2.45, 2.75) is 90.5 Å². The van der Waals surface area contributed by atoms with Crippen molar-refractivity contribution in [1.82, 2.24) is 15.5 Å². The molecule has 212 valence electrons. The second-order valence-corrected chi connectivity index (χ2v) is 10.8. The summed E-state index contributed by atoms with van der Waals surface area (Å²) >= 11 is 0. The van der Waals surface area contributed by atoms with E-state index in [1.807, 2.05) is 32.9 Å². The molecule has 1 aliphatic heterocycles. The number of rotatable bonds is 6. The Kier molecular flexibility index (Phi) is 10.9. The molecule has 3 N–H and O–H groups in total. The molecule has 0 bridgehead atoms. The highest BCUT2D eigenvalue weighted by atomic mass is 19.4. The minimum Gasteiger partial charge on any atom is -0.342 e. The number of likely N-dealkylation sites (tertiary alicyclic amines) is 1. The Morgan fingerprint density at radius 3 is 2.29 bits per heavy atom. The van der Waals surface area contributed by atoms with Crippen molar-refractivity contribution >= 4 is 29.7 Å². The van der Waals surface area contributed by atoms with Crippen LogP contribution in [0, 0.1) is 5.41 Å². The summed E-state index contributed by atoms with van der Waals surface area (Å²) in [6.45, 7) is 8.07. The summed E-state index contributed by atoms with van der Waals surface area (Å²) in [5, 5.41) is 8.93. The monoisotopic (exact) mass is 540 g/mol. The van der Waals surface area contributed by atoms with Crippen LogP contribution >= 0.6 is 0 Å². The maximum atomic E-state index is 13.5. The summed E-state index contributed by atoms with van der Waals surface area (Å²) < 4.78 is 31.2. The fourth-order valence-electron chi connectivity index (χ4n) is 4.63. The fraction of sp³-hybridized carbons (Fsp3) is 0.630. The van der Waals surface area contributed by atoms with Crippen LogP contribution in [-0.2, 0) is 32.0 Å². The average molecular weight is 541 g/mol. The highest BCUT2D eigenvalue weighted by Crippen LogP contribution is 2.30. The van der Waals surface area contributed by atoms with Crippen LogP contribution < -0.4 is 16.0 Å². The molecule has 0 saturated carbocycles. The average Bonchev–Trinajstić information content (AvgIpc) is 3.36. The number of likely N-dealkylation sites (N-methyl/N-ethyl adjacent to an activating group) is 1. The molecule has 8 nitrogen and oxygen atoms in total. The molecule has 3 rings (SSSR count). The molecule has 1 heterocycles. The third kappa shape index (κ3) is 8.54. The fourth-order valence-corrected chi connectivity index (χ4v) is 4.63.